The Kier molecular flexibility index (Phi) is 9.57. The van der Waals surface area contributed by atoms with Crippen LogP contribution >= 0.6 is 0 Å². The molecule has 8 heteroatoms. The zero-order valence-electron chi connectivity index (χ0n) is 18.2. The Morgan fingerprint density at radius 3 is 2.37 bits per heavy atom. The quantitative estimate of drug-likeness (QED) is 0.332. The second-order valence-electron chi connectivity index (χ2n) is 6.59. The third kappa shape index (κ3) is 6.72. The van der Waals surface area contributed by atoms with Crippen molar-refractivity contribution in [3.8, 4) is 17.2 Å². The first-order chi connectivity index (χ1) is 14.6. The molecule has 8 nitrogen and oxygen atoms in total. The van der Waals surface area contributed by atoms with E-state index in [1.807, 2.05) is 31.3 Å². The minimum atomic E-state index is 0.0331. The number of pyridine rings is 1. The zero-order chi connectivity index (χ0) is 21.8. The van der Waals surface area contributed by atoms with Crippen LogP contribution in [0.25, 0.3) is 0 Å². The maximum absolute atomic E-state index is 11.7. The molecule has 2 N–H and O–H groups in total. The number of methoxy groups -OCH3 is 3. The van der Waals surface area contributed by atoms with E-state index in [1.165, 1.54) is 0 Å². The molecule has 1 aromatic heterocycles. The highest BCUT2D eigenvalue weighted by molar-refractivity contribution is 5.79. The monoisotopic (exact) mass is 416 g/mol. The van der Waals surface area contributed by atoms with Crippen LogP contribution in [0.15, 0.2) is 46.3 Å². The Balaban J connectivity index is 1.92. The summed E-state index contributed by atoms with van der Waals surface area (Å²) >= 11 is 0. The van der Waals surface area contributed by atoms with Crippen LogP contribution in [0.3, 0.4) is 0 Å². The van der Waals surface area contributed by atoms with E-state index in [0.717, 1.165) is 37.5 Å². The molecule has 2 rings (SSSR count). The number of nitrogens with zero attached hydrogens (tertiary/aromatic N) is 2. The maximum atomic E-state index is 11.7. The SMILES string of the molecule is CCNC(=NCc1cc(OC)c(OC)c(OC)c1)NCCCCn1ccccc1=O. The molecule has 1 heterocycles. The lowest BCUT2D eigenvalue weighted by atomic mass is 10.2. The van der Waals surface area contributed by atoms with E-state index in [1.54, 1.807) is 38.0 Å². The second-order valence-corrected chi connectivity index (χ2v) is 6.59. The maximum Gasteiger partial charge on any atom is 0.250 e. The summed E-state index contributed by atoms with van der Waals surface area (Å²) in [5, 5.41) is 6.58. The first-order valence-electron chi connectivity index (χ1n) is 10.1. The van der Waals surface area contributed by atoms with Gasteiger partial charge in [-0.05, 0) is 43.5 Å². The molecular weight excluding hydrogens is 384 g/mol. The summed E-state index contributed by atoms with van der Waals surface area (Å²) in [7, 11) is 4.78. The number of hydrogen-bond acceptors (Lipinski definition) is 5. The number of ether oxygens (including phenoxy) is 3. The fraction of sp³-hybridized carbons (Fsp3) is 0.455. The number of guanidine groups is 1. The van der Waals surface area contributed by atoms with Crippen LogP contribution in [0.4, 0.5) is 0 Å². The lowest BCUT2D eigenvalue weighted by Gasteiger charge is -2.14. The predicted octanol–water partition coefficient (Wildman–Crippen LogP) is 2.41. The second kappa shape index (κ2) is 12.4. The molecule has 0 aliphatic rings. The van der Waals surface area contributed by atoms with E-state index in [4.69, 9.17) is 14.2 Å². The van der Waals surface area contributed by atoms with Crippen molar-refractivity contribution >= 4 is 5.96 Å². The summed E-state index contributed by atoms with van der Waals surface area (Å²) in [6.07, 6.45) is 3.65. The van der Waals surface area contributed by atoms with Gasteiger partial charge in [-0.2, -0.15) is 0 Å². The fourth-order valence-corrected chi connectivity index (χ4v) is 3.00. The number of aliphatic imine (C=N–C) groups is 1. The minimum Gasteiger partial charge on any atom is -0.493 e. The van der Waals surface area contributed by atoms with Gasteiger partial charge < -0.3 is 29.4 Å². The summed E-state index contributed by atoms with van der Waals surface area (Å²) in [6, 6.07) is 9.00. The van der Waals surface area contributed by atoms with Gasteiger partial charge in [-0.15, -0.1) is 0 Å². The first-order valence-corrected chi connectivity index (χ1v) is 10.1. The van der Waals surface area contributed by atoms with Gasteiger partial charge in [0, 0.05) is 31.9 Å². The number of aromatic nitrogens is 1. The van der Waals surface area contributed by atoms with Gasteiger partial charge in [-0.25, -0.2) is 4.99 Å². The third-order valence-corrected chi connectivity index (χ3v) is 4.51. The average molecular weight is 417 g/mol. The van der Waals surface area contributed by atoms with E-state index in [-0.39, 0.29) is 5.56 Å². The first kappa shape index (κ1) is 23.1. The molecule has 0 aliphatic heterocycles. The van der Waals surface area contributed by atoms with Gasteiger partial charge in [-0.3, -0.25) is 4.79 Å². The lowest BCUT2D eigenvalue weighted by Crippen LogP contribution is -2.37. The van der Waals surface area contributed by atoms with Crippen molar-refractivity contribution < 1.29 is 14.2 Å². The van der Waals surface area contributed by atoms with Crippen molar-refractivity contribution in [2.45, 2.75) is 32.9 Å². The van der Waals surface area contributed by atoms with Crippen molar-refractivity contribution in [2.75, 3.05) is 34.4 Å². The molecular formula is C22H32N4O4. The molecule has 0 bridgehead atoms. The number of aryl methyl sites for hydroxylation is 1. The van der Waals surface area contributed by atoms with E-state index >= 15 is 0 Å². The number of nitrogens with one attached hydrogen (secondary N) is 2. The standard InChI is InChI=1S/C22H32N4O4/c1-5-23-22(24-11-7-9-13-26-12-8-6-10-20(26)27)25-16-17-14-18(28-2)21(30-4)19(15-17)29-3/h6,8,10,12,14-15H,5,7,9,11,13,16H2,1-4H3,(H2,23,24,25). The van der Waals surface area contributed by atoms with Gasteiger partial charge in [0.1, 0.15) is 0 Å². The average Bonchev–Trinajstić information content (AvgIpc) is 2.77. The highest BCUT2D eigenvalue weighted by Gasteiger charge is 2.13. The summed E-state index contributed by atoms with van der Waals surface area (Å²) in [4.78, 5) is 16.4. The molecule has 0 saturated carbocycles. The highest BCUT2D eigenvalue weighted by Crippen LogP contribution is 2.38. The summed E-state index contributed by atoms with van der Waals surface area (Å²) in [5.41, 5.74) is 0.982. The van der Waals surface area contributed by atoms with Crippen LogP contribution in [0, 0.1) is 0 Å². The van der Waals surface area contributed by atoms with Crippen LogP contribution in [0.5, 0.6) is 17.2 Å². The molecule has 0 spiro atoms. The van der Waals surface area contributed by atoms with Crippen LogP contribution in [0.2, 0.25) is 0 Å². The van der Waals surface area contributed by atoms with Gasteiger partial charge in [-0.1, -0.05) is 6.07 Å². The largest absolute Gasteiger partial charge is 0.493 e. The molecule has 30 heavy (non-hydrogen) atoms. The van der Waals surface area contributed by atoms with Crippen molar-refractivity contribution in [1.82, 2.24) is 15.2 Å². The van der Waals surface area contributed by atoms with E-state index in [0.29, 0.717) is 30.3 Å². The molecule has 0 fully saturated rings. The van der Waals surface area contributed by atoms with E-state index < -0.39 is 0 Å². The molecule has 0 amide bonds. The van der Waals surface area contributed by atoms with Crippen molar-refractivity contribution in [3.05, 3.63) is 52.4 Å². The summed E-state index contributed by atoms with van der Waals surface area (Å²) in [6.45, 7) is 4.73. The molecule has 0 aliphatic carbocycles. The number of hydrogen-bond donors (Lipinski definition) is 2. The smallest absolute Gasteiger partial charge is 0.250 e. The van der Waals surface area contributed by atoms with Gasteiger partial charge in [0.2, 0.25) is 11.3 Å². The zero-order valence-corrected chi connectivity index (χ0v) is 18.2. The van der Waals surface area contributed by atoms with Gasteiger partial charge in [0.15, 0.2) is 17.5 Å². The van der Waals surface area contributed by atoms with Gasteiger partial charge >= 0.3 is 0 Å². The third-order valence-electron chi connectivity index (χ3n) is 4.51. The highest BCUT2D eigenvalue weighted by atomic mass is 16.5. The summed E-state index contributed by atoms with van der Waals surface area (Å²) in [5.74, 6) is 2.52. The van der Waals surface area contributed by atoms with Gasteiger partial charge in [0.05, 0.1) is 27.9 Å². The van der Waals surface area contributed by atoms with E-state index in [2.05, 4.69) is 15.6 Å². The number of unbranched alkanes of at least 4 members (excludes halogenated alkanes) is 1. The normalized spacial score (nSPS) is 11.1. The Hall–Kier alpha value is -3.16. The Morgan fingerprint density at radius 2 is 1.77 bits per heavy atom. The van der Waals surface area contributed by atoms with Crippen LogP contribution < -0.4 is 30.4 Å². The number of benzene rings is 1. The molecule has 1 aromatic carbocycles. The Bertz CT molecular complexity index is 854. The molecule has 0 unspecified atom stereocenters. The minimum absolute atomic E-state index is 0.0331. The Morgan fingerprint density at radius 1 is 1.03 bits per heavy atom. The van der Waals surface area contributed by atoms with Crippen molar-refractivity contribution in [1.29, 1.82) is 0 Å². The topological polar surface area (TPSA) is 86.1 Å². The van der Waals surface area contributed by atoms with Crippen molar-refractivity contribution in [3.63, 3.8) is 0 Å². The predicted molar refractivity (Wildman–Crippen MR) is 119 cm³/mol. The Labute approximate surface area is 177 Å². The van der Waals surface area contributed by atoms with Crippen LogP contribution in [0.1, 0.15) is 25.3 Å². The van der Waals surface area contributed by atoms with Crippen LogP contribution in [-0.2, 0) is 13.1 Å². The molecule has 2 aromatic rings. The molecule has 0 radical (unpaired) electrons. The molecule has 0 atom stereocenters. The molecule has 164 valence electrons. The van der Waals surface area contributed by atoms with Gasteiger partial charge in [0.25, 0.3) is 0 Å². The lowest BCUT2D eigenvalue weighted by molar-refractivity contribution is 0.324. The van der Waals surface area contributed by atoms with E-state index in [9.17, 15) is 4.79 Å². The van der Waals surface area contributed by atoms with Crippen molar-refractivity contribution in [2.24, 2.45) is 4.99 Å². The summed E-state index contributed by atoms with van der Waals surface area (Å²) < 4.78 is 17.9. The van der Waals surface area contributed by atoms with Crippen LogP contribution in [-0.4, -0.2) is 44.9 Å². The number of rotatable bonds is 11. The fourth-order valence-electron chi connectivity index (χ4n) is 3.00. The molecule has 0 saturated heterocycles.